The van der Waals surface area contributed by atoms with Gasteiger partial charge < -0.3 is 10.1 Å². The van der Waals surface area contributed by atoms with Crippen LogP contribution in [0.15, 0.2) is 12.1 Å². The van der Waals surface area contributed by atoms with Crippen molar-refractivity contribution in [2.45, 2.75) is 40.0 Å². The molecule has 0 spiro atoms. The van der Waals surface area contributed by atoms with Gasteiger partial charge in [-0.2, -0.15) is 8.78 Å². The van der Waals surface area contributed by atoms with Crippen LogP contribution in [-0.4, -0.2) is 37.2 Å². The van der Waals surface area contributed by atoms with Crippen LogP contribution in [0.3, 0.4) is 0 Å². The second-order valence-corrected chi connectivity index (χ2v) is 5.51. The fourth-order valence-corrected chi connectivity index (χ4v) is 2.58. The number of rotatable bonds is 4. The van der Waals surface area contributed by atoms with Crippen LogP contribution in [-0.2, 0) is 6.54 Å². The molecule has 120 valence electrons. The third-order valence-corrected chi connectivity index (χ3v) is 3.74. The number of benzene rings is 1. The minimum absolute atomic E-state index is 0. The molecular weight excluding hydrogens is 298 g/mol. The molecule has 2 rings (SSSR count). The van der Waals surface area contributed by atoms with Crippen molar-refractivity contribution < 1.29 is 13.5 Å². The molecule has 1 unspecified atom stereocenters. The van der Waals surface area contributed by atoms with Gasteiger partial charge in [0.15, 0.2) is 0 Å². The fourth-order valence-electron chi connectivity index (χ4n) is 2.58. The summed E-state index contributed by atoms with van der Waals surface area (Å²) in [6, 6.07) is 4.09. The van der Waals surface area contributed by atoms with Crippen LogP contribution in [0.5, 0.6) is 5.75 Å². The molecule has 0 saturated carbocycles. The van der Waals surface area contributed by atoms with Crippen LogP contribution >= 0.6 is 12.4 Å². The molecule has 1 atom stereocenters. The van der Waals surface area contributed by atoms with Crippen molar-refractivity contribution >= 4 is 12.4 Å². The van der Waals surface area contributed by atoms with Gasteiger partial charge in [-0.15, -0.1) is 12.4 Å². The van der Waals surface area contributed by atoms with E-state index in [0.717, 1.165) is 36.3 Å². The van der Waals surface area contributed by atoms with Gasteiger partial charge in [-0.05, 0) is 38.0 Å². The fraction of sp³-hybridized carbons (Fsp3) is 0.600. The number of hydrogen-bond donors (Lipinski definition) is 1. The van der Waals surface area contributed by atoms with Crippen molar-refractivity contribution in [3.8, 4) is 5.75 Å². The van der Waals surface area contributed by atoms with Crippen LogP contribution < -0.4 is 10.1 Å². The maximum atomic E-state index is 12.5. The monoisotopic (exact) mass is 320 g/mol. The van der Waals surface area contributed by atoms with Crippen LogP contribution in [0.4, 0.5) is 8.78 Å². The molecule has 1 aromatic carbocycles. The molecule has 1 aliphatic heterocycles. The van der Waals surface area contributed by atoms with Gasteiger partial charge in [0, 0.05) is 37.8 Å². The van der Waals surface area contributed by atoms with E-state index in [9.17, 15) is 8.78 Å². The summed E-state index contributed by atoms with van der Waals surface area (Å²) in [6.07, 6.45) is 0. The number of aryl methyl sites for hydroxylation is 2. The van der Waals surface area contributed by atoms with E-state index in [4.69, 9.17) is 0 Å². The van der Waals surface area contributed by atoms with Crippen molar-refractivity contribution in [2.75, 3.05) is 19.6 Å². The van der Waals surface area contributed by atoms with E-state index in [1.165, 1.54) is 0 Å². The summed E-state index contributed by atoms with van der Waals surface area (Å²) < 4.78 is 29.7. The third kappa shape index (κ3) is 5.09. The zero-order chi connectivity index (χ0) is 14.7. The van der Waals surface area contributed by atoms with E-state index in [2.05, 4.69) is 21.9 Å². The average molecular weight is 321 g/mol. The topological polar surface area (TPSA) is 24.5 Å². The highest BCUT2D eigenvalue weighted by Gasteiger charge is 2.19. The molecule has 1 aliphatic rings. The summed E-state index contributed by atoms with van der Waals surface area (Å²) in [4.78, 5) is 2.27. The Balaban J connectivity index is 0.00000220. The lowest BCUT2D eigenvalue weighted by Crippen LogP contribution is -2.48. The van der Waals surface area contributed by atoms with E-state index in [1.807, 2.05) is 19.9 Å². The lowest BCUT2D eigenvalue weighted by molar-refractivity contribution is -0.0508. The van der Waals surface area contributed by atoms with Gasteiger partial charge in [0.2, 0.25) is 0 Å². The molecule has 21 heavy (non-hydrogen) atoms. The highest BCUT2D eigenvalue weighted by molar-refractivity contribution is 5.85. The largest absolute Gasteiger partial charge is 0.434 e. The lowest BCUT2D eigenvalue weighted by atomic mass is 10.0. The van der Waals surface area contributed by atoms with E-state index in [0.29, 0.717) is 18.3 Å². The number of nitrogens with one attached hydrogen (secondary N) is 1. The predicted octanol–water partition coefficient (Wildman–Crippen LogP) is 3.12. The first-order chi connectivity index (χ1) is 9.45. The lowest BCUT2D eigenvalue weighted by Gasteiger charge is -2.32. The zero-order valence-electron chi connectivity index (χ0n) is 12.7. The highest BCUT2D eigenvalue weighted by Crippen LogP contribution is 2.26. The number of alkyl halides is 2. The molecule has 0 aromatic heterocycles. The minimum Gasteiger partial charge on any atom is -0.434 e. The molecular formula is C15H23ClF2N2O. The summed E-state index contributed by atoms with van der Waals surface area (Å²) in [5.74, 6) is 0.300. The molecule has 0 bridgehead atoms. The average Bonchev–Trinajstić information content (AvgIpc) is 2.35. The Morgan fingerprint density at radius 1 is 1.33 bits per heavy atom. The molecule has 1 aromatic rings. The summed E-state index contributed by atoms with van der Waals surface area (Å²) in [7, 11) is 0. The van der Waals surface area contributed by atoms with Crippen molar-refractivity contribution in [3.63, 3.8) is 0 Å². The van der Waals surface area contributed by atoms with Gasteiger partial charge >= 0.3 is 6.61 Å². The molecule has 1 N–H and O–H groups in total. The van der Waals surface area contributed by atoms with Gasteiger partial charge in [-0.1, -0.05) is 6.07 Å². The van der Waals surface area contributed by atoms with E-state index in [-0.39, 0.29) is 12.4 Å². The SMILES string of the molecule is Cc1cc(CN2CCNC(C)C2)c(OC(F)F)cc1C.Cl. The van der Waals surface area contributed by atoms with Crippen LogP contribution in [0.25, 0.3) is 0 Å². The Kier molecular flexibility index (Phi) is 6.84. The number of ether oxygens (including phenoxy) is 1. The highest BCUT2D eigenvalue weighted by atomic mass is 35.5. The van der Waals surface area contributed by atoms with Crippen LogP contribution in [0.1, 0.15) is 23.6 Å². The van der Waals surface area contributed by atoms with Gasteiger partial charge in [-0.3, -0.25) is 4.90 Å². The number of piperazine rings is 1. The molecule has 1 heterocycles. The van der Waals surface area contributed by atoms with E-state index < -0.39 is 6.61 Å². The Morgan fingerprint density at radius 3 is 2.62 bits per heavy atom. The first-order valence-electron chi connectivity index (χ1n) is 6.96. The Morgan fingerprint density at radius 2 is 2.00 bits per heavy atom. The molecule has 3 nitrogen and oxygen atoms in total. The van der Waals surface area contributed by atoms with Gasteiger partial charge in [0.25, 0.3) is 0 Å². The maximum Gasteiger partial charge on any atom is 0.387 e. The van der Waals surface area contributed by atoms with E-state index >= 15 is 0 Å². The van der Waals surface area contributed by atoms with Gasteiger partial charge in [0.1, 0.15) is 5.75 Å². The Bertz CT molecular complexity index is 471. The van der Waals surface area contributed by atoms with Crippen molar-refractivity contribution in [3.05, 3.63) is 28.8 Å². The Labute approximate surface area is 131 Å². The quantitative estimate of drug-likeness (QED) is 0.922. The first kappa shape index (κ1) is 18.1. The standard InChI is InChI=1S/C15H22F2N2O.ClH/c1-10-6-13(9-19-5-4-18-12(3)8-19)14(7-11(10)2)20-15(16)17;/h6-7,12,15,18H,4-5,8-9H2,1-3H3;1H. The summed E-state index contributed by atoms with van der Waals surface area (Å²) >= 11 is 0. The second kappa shape index (κ2) is 7.92. The third-order valence-electron chi connectivity index (χ3n) is 3.74. The number of nitrogens with zero attached hydrogens (tertiary/aromatic N) is 1. The maximum absolute atomic E-state index is 12.5. The zero-order valence-corrected chi connectivity index (χ0v) is 13.5. The molecule has 1 saturated heterocycles. The van der Waals surface area contributed by atoms with Gasteiger partial charge in [0.05, 0.1) is 0 Å². The van der Waals surface area contributed by atoms with Gasteiger partial charge in [-0.25, -0.2) is 0 Å². The first-order valence-corrected chi connectivity index (χ1v) is 6.96. The normalized spacial score (nSPS) is 19.4. The second-order valence-electron chi connectivity index (χ2n) is 5.51. The molecule has 6 heteroatoms. The smallest absolute Gasteiger partial charge is 0.387 e. The van der Waals surface area contributed by atoms with Crippen molar-refractivity contribution in [1.82, 2.24) is 10.2 Å². The number of halogens is 3. The summed E-state index contributed by atoms with van der Waals surface area (Å²) in [6.45, 7) is 6.66. The van der Waals surface area contributed by atoms with Crippen LogP contribution in [0.2, 0.25) is 0 Å². The molecule has 0 amide bonds. The van der Waals surface area contributed by atoms with E-state index in [1.54, 1.807) is 6.07 Å². The summed E-state index contributed by atoms with van der Waals surface area (Å²) in [5.41, 5.74) is 2.91. The van der Waals surface area contributed by atoms with Crippen molar-refractivity contribution in [1.29, 1.82) is 0 Å². The minimum atomic E-state index is -2.78. The molecule has 0 aliphatic carbocycles. The molecule has 0 radical (unpaired) electrons. The number of hydrogen-bond acceptors (Lipinski definition) is 3. The van der Waals surface area contributed by atoms with Crippen molar-refractivity contribution in [2.24, 2.45) is 0 Å². The summed E-state index contributed by atoms with van der Waals surface area (Å²) in [5, 5.41) is 3.37. The molecule has 1 fully saturated rings. The predicted molar refractivity (Wildman–Crippen MR) is 82.5 cm³/mol. The van der Waals surface area contributed by atoms with Crippen LogP contribution in [0, 0.1) is 13.8 Å². The Hall–Kier alpha value is -0.910.